The van der Waals surface area contributed by atoms with Crippen molar-refractivity contribution in [2.24, 2.45) is 5.41 Å². The average molecular weight is 319 g/mol. The molecule has 0 radical (unpaired) electrons. The van der Waals surface area contributed by atoms with E-state index in [1.54, 1.807) is 0 Å². The van der Waals surface area contributed by atoms with E-state index in [0.29, 0.717) is 13.1 Å². The van der Waals surface area contributed by atoms with Crippen LogP contribution in [0.4, 0.5) is 10.7 Å². The third-order valence-electron chi connectivity index (χ3n) is 3.37. The number of thiophene rings is 1. The summed E-state index contributed by atoms with van der Waals surface area (Å²) in [5, 5.41) is 10.7. The summed E-state index contributed by atoms with van der Waals surface area (Å²) in [5.41, 5.74) is 5.09. The van der Waals surface area contributed by atoms with Crippen molar-refractivity contribution < 1.29 is 13.3 Å². The summed E-state index contributed by atoms with van der Waals surface area (Å²) in [6, 6.07) is 1.05. The molecule has 7 nitrogen and oxygen atoms in total. The first kappa shape index (κ1) is 15.2. The van der Waals surface area contributed by atoms with Gasteiger partial charge in [0.25, 0.3) is 10.0 Å². The number of anilines is 1. The topological polar surface area (TPSA) is 107 Å². The fourth-order valence-corrected chi connectivity index (χ4v) is 5.38. The number of nitrogen functional groups attached to an aromatic ring is 1. The van der Waals surface area contributed by atoms with Gasteiger partial charge in [0.2, 0.25) is 0 Å². The fourth-order valence-electron chi connectivity index (χ4n) is 2.34. The molecule has 0 spiro atoms. The second-order valence-corrected chi connectivity index (χ2v) is 8.93. The van der Waals surface area contributed by atoms with Crippen LogP contribution in [0.3, 0.4) is 0 Å². The third-order valence-corrected chi connectivity index (χ3v) is 6.62. The van der Waals surface area contributed by atoms with Crippen molar-refractivity contribution in [3.63, 3.8) is 0 Å². The van der Waals surface area contributed by atoms with Gasteiger partial charge < -0.3 is 5.73 Å². The number of nitro groups is 1. The van der Waals surface area contributed by atoms with E-state index in [9.17, 15) is 18.5 Å². The Balaban J connectivity index is 2.35. The SMILES string of the molecule is CC1(C)CCCN(S(=O)(=O)c2cc([N+](=O)[O-])c(N)s2)C1. The Morgan fingerprint density at radius 2 is 2.15 bits per heavy atom. The molecule has 1 aromatic rings. The predicted molar refractivity (Wildman–Crippen MR) is 77.2 cm³/mol. The highest BCUT2D eigenvalue weighted by Crippen LogP contribution is 2.38. The summed E-state index contributed by atoms with van der Waals surface area (Å²) in [7, 11) is -3.70. The van der Waals surface area contributed by atoms with Gasteiger partial charge in [-0.05, 0) is 18.3 Å². The number of sulfonamides is 1. The number of nitrogens with two attached hydrogens (primary N) is 1. The summed E-state index contributed by atoms with van der Waals surface area (Å²) in [4.78, 5) is 10.1. The molecule has 0 aliphatic carbocycles. The minimum atomic E-state index is -3.70. The van der Waals surface area contributed by atoms with Crippen LogP contribution in [0.5, 0.6) is 0 Å². The molecule has 0 saturated carbocycles. The van der Waals surface area contributed by atoms with E-state index in [2.05, 4.69) is 0 Å². The Hall–Kier alpha value is -1.19. The molecule has 0 amide bonds. The van der Waals surface area contributed by atoms with Crippen LogP contribution in [0.15, 0.2) is 10.3 Å². The van der Waals surface area contributed by atoms with Gasteiger partial charge in [-0.2, -0.15) is 4.31 Å². The van der Waals surface area contributed by atoms with E-state index in [4.69, 9.17) is 5.73 Å². The minimum Gasteiger partial charge on any atom is -0.385 e. The largest absolute Gasteiger partial charge is 0.385 e. The quantitative estimate of drug-likeness (QED) is 0.678. The van der Waals surface area contributed by atoms with Gasteiger partial charge in [-0.1, -0.05) is 25.2 Å². The van der Waals surface area contributed by atoms with Crippen LogP contribution in [0.2, 0.25) is 0 Å². The van der Waals surface area contributed by atoms with Gasteiger partial charge in [-0.15, -0.1) is 0 Å². The molecule has 9 heteroatoms. The molecule has 20 heavy (non-hydrogen) atoms. The van der Waals surface area contributed by atoms with Gasteiger partial charge in [-0.3, -0.25) is 10.1 Å². The number of nitrogens with zero attached hydrogens (tertiary/aromatic N) is 2. The minimum absolute atomic E-state index is 0.0561. The molecule has 112 valence electrons. The van der Waals surface area contributed by atoms with Crippen LogP contribution in [-0.4, -0.2) is 30.7 Å². The normalized spacial score (nSPS) is 19.9. The maximum Gasteiger partial charge on any atom is 0.304 e. The van der Waals surface area contributed by atoms with Crippen LogP contribution in [-0.2, 0) is 10.0 Å². The van der Waals surface area contributed by atoms with Crippen LogP contribution in [0, 0.1) is 15.5 Å². The highest BCUT2D eigenvalue weighted by atomic mass is 32.2. The predicted octanol–water partition coefficient (Wildman–Crippen LogP) is 2.05. The molecule has 0 aromatic carbocycles. The van der Waals surface area contributed by atoms with E-state index in [0.717, 1.165) is 30.2 Å². The van der Waals surface area contributed by atoms with Gasteiger partial charge >= 0.3 is 5.69 Å². The van der Waals surface area contributed by atoms with Crippen molar-refractivity contribution in [3.8, 4) is 0 Å². The van der Waals surface area contributed by atoms with Crippen molar-refractivity contribution >= 4 is 32.0 Å². The lowest BCUT2D eigenvalue weighted by Crippen LogP contribution is -2.43. The molecule has 0 bridgehead atoms. The summed E-state index contributed by atoms with van der Waals surface area (Å²) >= 11 is 0.750. The van der Waals surface area contributed by atoms with E-state index in [1.165, 1.54) is 4.31 Å². The maximum atomic E-state index is 12.5. The van der Waals surface area contributed by atoms with E-state index in [-0.39, 0.29) is 20.3 Å². The third kappa shape index (κ3) is 2.79. The molecular formula is C11H17N3O4S2. The molecule has 2 N–H and O–H groups in total. The molecule has 1 aliphatic rings. The second kappa shape index (κ2) is 4.97. The summed E-state index contributed by atoms with van der Waals surface area (Å²) < 4.78 is 26.4. The second-order valence-electron chi connectivity index (χ2n) is 5.68. The number of rotatable bonds is 3. The Kier molecular flexibility index (Phi) is 3.78. The smallest absolute Gasteiger partial charge is 0.304 e. The first-order valence-corrected chi connectivity index (χ1v) is 8.43. The summed E-state index contributed by atoms with van der Waals surface area (Å²) in [6.07, 6.45) is 1.75. The highest BCUT2D eigenvalue weighted by molar-refractivity contribution is 7.91. The van der Waals surface area contributed by atoms with Crippen LogP contribution in [0.1, 0.15) is 26.7 Å². The van der Waals surface area contributed by atoms with Gasteiger partial charge in [0, 0.05) is 19.2 Å². The van der Waals surface area contributed by atoms with Gasteiger partial charge in [0.1, 0.15) is 4.21 Å². The standard InChI is InChI=1S/C11H17N3O4S2/c1-11(2)4-3-5-13(7-11)20(17,18)9-6-8(14(15)16)10(12)19-9/h6H,3-5,7,12H2,1-2H3. The number of hydrogen-bond acceptors (Lipinski definition) is 6. The lowest BCUT2D eigenvalue weighted by atomic mass is 9.85. The molecule has 2 rings (SSSR count). The van der Waals surface area contributed by atoms with Gasteiger partial charge in [0.15, 0.2) is 5.00 Å². The zero-order chi connectivity index (χ0) is 15.1. The van der Waals surface area contributed by atoms with Crippen LogP contribution in [0.25, 0.3) is 0 Å². The molecule has 2 heterocycles. The average Bonchev–Trinajstić information content (AvgIpc) is 2.70. The molecular weight excluding hydrogens is 302 g/mol. The lowest BCUT2D eigenvalue weighted by Gasteiger charge is -2.36. The Labute approximate surface area is 121 Å². The van der Waals surface area contributed by atoms with Crippen molar-refractivity contribution in [2.75, 3.05) is 18.8 Å². The monoisotopic (exact) mass is 319 g/mol. The molecule has 0 unspecified atom stereocenters. The zero-order valence-electron chi connectivity index (χ0n) is 11.3. The van der Waals surface area contributed by atoms with Gasteiger partial charge in [0.05, 0.1) is 4.92 Å². The summed E-state index contributed by atoms with van der Waals surface area (Å²) in [6.45, 7) is 4.89. The molecule has 1 aromatic heterocycles. The first-order chi connectivity index (χ1) is 9.13. The lowest BCUT2D eigenvalue weighted by molar-refractivity contribution is -0.383. The van der Waals surface area contributed by atoms with Crippen molar-refractivity contribution in [1.82, 2.24) is 4.31 Å². The summed E-state index contributed by atoms with van der Waals surface area (Å²) in [5.74, 6) is 0. The van der Waals surface area contributed by atoms with Crippen molar-refractivity contribution in [1.29, 1.82) is 0 Å². The molecule has 1 saturated heterocycles. The van der Waals surface area contributed by atoms with Crippen molar-refractivity contribution in [2.45, 2.75) is 30.9 Å². The van der Waals surface area contributed by atoms with E-state index in [1.807, 2.05) is 13.8 Å². The maximum absolute atomic E-state index is 12.5. The zero-order valence-corrected chi connectivity index (χ0v) is 13.0. The van der Waals surface area contributed by atoms with Crippen molar-refractivity contribution in [3.05, 3.63) is 16.2 Å². The number of piperidine rings is 1. The molecule has 0 atom stereocenters. The fraction of sp³-hybridized carbons (Fsp3) is 0.636. The Bertz CT molecular complexity index is 636. The molecule has 1 fully saturated rings. The Morgan fingerprint density at radius 3 is 2.65 bits per heavy atom. The Morgan fingerprint density at radius 1 is 1.50 bits per heavy atom. The van der Waals surface area contributed by atoms with Crippen LogP contribution >= 0.6 is 11.3 Å². The number of hydrogen-bond donors (Lipinski definition) is 1. The van der Waals surface area contributed by atoms with E-state index < -0.39 is 14.9 Å². The van der Waals surface area contributed by atoms with Crippen LogP contribution < -0.4 is 5.73 Å². The highest BCUT2D eigenvalue weighted by Gasteiger charge is 2.36. The van der Waals surface area contributed by atoms with E-state index >= 15 is 0 Å². The molecule has 1 aliphatic heterocycles. The van der Waals surface area contributed by atoms with Gasteiger partial charge in [-0.25, -0.2) is 8.42 Å². The first-order valence-electron chi connectivity index (χ1n) is 6.17.